The smallest absolute Gasteiger partial charge is 0.101 e. The Bertz CT molecular complexity index is 372. The van der Waals surface area contributed by atoms with Crippen molar-refractivity contribution in [3.8, 4) is 12.1 Å². The van der Waals surface area contributed by atoms with Crippen molar-refractivity contribution in [2.45, 2.75) is 13.8 Å². The van der Waals surface area contributed by atoms with E-state index < -0.39 is 0 Å². The van der Waals surface area contributed by atoms with Gasteiger partial charge in [-0.2, -0.15) is 10.5 Å². The molecule has 0 radical (unpaired) electrons. The van der Waals surface area contributed by atoms with E-state index in [0.717, 1.165) is 5.56 Å². The lowest BCUT2D eigenvalue weighted by Gasteiger charge is -1.96. The first-order valence-corrected chi connectivity index (χ1v) is 4.21. The molecule has 0 aromatic heterocycles. The standard InChI is InChI=1S/C9H6N2.C2H6O/c1-7-3-2-4-8(5-10)9(7)6-11;1-2-3/h2-4H,1H3;3H,2H2,1H3. The Labute approximate surface area is 83.8 Å². The van der Waals surface area contributed by atoms with Gasteiger partial charge in [-0.3, -0.25) is 0 Å². The van der Waals surface area contributed by atoms with E-state index in [4.69, 9.17) is 15.6 Å². The van der Waals surface area contributed by atoms with Gasteiger partial charge in [-0.25, -0.2) is 0 Å². The molecule has 0 unspecified atom stereocenters. The van der Waals surface area contributed by atoms with Gasteiger partial charge in [-0.05, 0) is 25.5 Å². The van der Waals surface area contributed by atoms with Gasteiger partial charge in [0, 0.05) is 6.61 Å². The van der Waals surface area contributed by atoms with Crippen molar-refractivity contribution in [3.05, 3.63) is 34.9 Å². The third kappa shape index (κ3) is 3.26. The second kappa shape index (κ2) is 6.65. The van der Waals surface area contributed by atoms with Crippen LogP contribution in [0.4, 0.5) is 0 Å². The molecule has 3 nitrogen and oxygen atoms in total. The van der Waals surface area contributed by atoms with Crippen LogP contribution >= 0.6 is 0 Å². The van der Waals surface area contributed by atoms with Crippen LogP contribution in [-0.2, 0) is 0 Å². The number of hydrogen-bond acceptors (Lipinski definition) is 3. The van der Waals surface area contributed by atoms with E-state index in [-0.39, 0.29) is 6.61 Å². The summed E-state index contributed by atoms with van der Waals surface area (Å²) in [6.07, 6.45) is 0. The number of aryl methyl sites for hydroxylation is 1. The molecular weight excluding hydrogens is 176 g/mol. The zero-order chi connectivity index (χ0) is 11.0. The molecule has 1 rings (SSSR count). The summed E-state index contributed by atoms with van der Waals surface area (Å²) in [5.41, 5.74) is 1.79. The van der Waals surface area contributed by atoms with Gasteiger partial charge in [0.1, 0.15) is 12.1 Å². The lowest BCUT2D eigenvalue weighted by Crippen LogP contribution is -1.86. The van der Waals surface area contributed by atoms with Gasteiger partial charge in [-0.15, -0.1) is 0 Å². The molecule has 0 heterocycles. The average Bonchev–Trinajstić information content (AvgIpc) is 2.18. The summed E-state index contributed by atoms with van der Waals surface area (Å²) < 4.78 is 0. The van der Waals surface area contributed by atoms with Crippen LogP contribution in [0.1, 0.15) is 23.6 Å². The first-order valence-electron chi connectivity index (χ1n) is 4.21. The summed E-state index contributed by atoms with van der Waals surface area (Å²) in [5, 5.41) is 24.8. The Morgan fingerprint density at radius 3 is 2.21 bits per heavy atom. The molecule has 0 aliphatic heterocycles. The van der Waals surface area contributed by atoms with Crippen LogP contribution in [-0.4, -0.2) is 11.7 Å². The Morgan fingerprint density at radius 2 is 1.86 bits per heavy atom. The van der Waals surface area contributed by atoms with Crippen molar-refractivity contribution in [1.82, 2.24) is 0 Å². The molecule has 0 atom stereocenters. The molecule has 1 aromatic carbocycles. The summed E-state index contributed by atoms with van der Waals surface area (Å²) in [7, 11) is 0. The quantitative estimate of drug-likeness (QED) is 0.674. The van der Waals surface area contributed by atoms with Crippen molar-refractivity contribution in [2.24, 2.45) is 0 Å². The van der Waals surface area contributed by atoms with Crippen LogP contribution in [0.25, 0.3) is 0 Å². The summed E-state index contributed by atoms with van der Waals surface area (Å²) in [5.74, 6) is 0. The van der Waals surface area contributed by atoms with E-state index >= 15 is 0 Å². The highest BCUT2D eigenvalue weighted by atomic mass is 16.2. The van der Waals surface area contributed by atoms with E-state index in [1.54, 1.807) is 19.1 Å². The number of rotatable bonds is 0. The molecule has 72 valence electrons. The lowest BCUT2D eigenvalue weighted by atomic mass is 10.0. The van der Waals surface area contributed by atoms with E-state index in [0.29, 0.717) is 11.1 Å². The largest absolute Gasteiger partial charge is 0.397 e. The molecule has 0 spiro atoms. The predicted molar refractivity (Wildman–Crippen MR) is 53.4 cm³/mol. The second-order valence-electron chi connectivity index (χ2n) is 2.54. The lowest BCUT2D eigenvalue weighted by molar-refractivity contribution is 0.318. The fourth-order valence-electron chi connectivity index (χ4n) is 0.909. The average molecular weight is 188 g/mol. The van der Waals surface area contributed by atoms with Crippen molar-refractivity contribution in [1.29, 1.82) is 10.5 Å². The van der Waals surface area contributed by atoms with Gasteiger partial charge in [-0.1, -0.05) is 12.1 Å². The molecule has 0 saturated heterocycles. The van der Waals surface area contributed by atoms with Crippen LogP contribution < -0.4 is 0 Å². The van der Waals surface area contributed by atoms with Crippen LogP contribution in [0, 0.1) is 29.6 Å². The maximum atomic E-state index is 8.63. The molecule has 0 amide bonds. The zero-order valence-electron chi connectivity index (χ0n) is 8.28. The highest BCUT2D eigenvalue weighted by Gasteiger charge is 2.01. The summed E-state index contributed by atoms with van der Waals surface area (Å²) in [6, 6.07) is 9.19. The van der Waals surface area contributed by atoms with Crippen molar-refractivity contribution >= 4 is 0 Å². The molecule has 3 heteroatoms. The Morgan fingerprint density at radius 1 is 1.29 bits per heavy atom. The van der Waals surface area contributed by atoms with Crippen LogP contribution in [0.15, 0.2) is 18.2 Å². The number of nitriles is 2. The summed E-state index contributed by atoms with van der Waals surface area (Å²) in [4.78, 5) is 0. The maximum Gasteiger partial charge on any atom is 0.101 e. The number of hydrogen-bond donors (Lipinski definition) is 1. The topological polar surface area (TPSA) is 67.8 Å². The van der Waals surface area contributed by atoms with Gasteiger partial charge < -0.3 is 5.11 Å². The highest BCUT2D eigenvalue weighted by molar-refractivity contribution is 5.49. The number of benzene rings is 1. The third-order valence-corrected chi connectivity index (χ3v) is 1.51. The first-order chi connectivity index (χ1) is 6.71. The Balaban J connectivity index is 0.000000500. The molecule has 14 heavy (non-hydrogen) atoms. The van der Waals surface area contributed by atoms with Gasteiger partial charge in [0.2, 0.25) is 0 Å². The van der Waals surface area contributed by atoms with Crippen molar-refractivity contribution in [2.75, 3.05) is 6.61 Å². The van der Waals surface area contributed by atoms with E-state index in [9.17, 15) is 0 Å². The Kier molecular flexibility index (Phi) is 5.78. The molecule has 0 aliphatic carbocycles. The monoisotopic (exact) mass is 188 g/mol. The molecule has 0 aliphatic rings. The second-order valence-corrected chi connectivity index (χ2v) is 2.54. The number of aliphatic hydroxyl groups is 1. The van der Waals surface area contributed by atoms with Gasteiger partial charge >= 0.3 is 0 Å². The van der Waals surface area contributed by atoms with Crippen molar-refractivity contribution in [3.63, 3.8) is 0 Å². The van der Waals surface area contributed by atoms with Crippen molar-refractivity contribution < 1.29 is 5.11 Å². The summed E-state index contributed by atoms with van der Waals surface area (Å²) in [6.45, 7) is 3.75. The maximum absolute atomic E-state index is 8.63. The fourth-order valence-corrected chi connectivity index (χ4v) is 0.909. The first kappa shape index (κ1) is 12.2. The predicted octanol–water partition coefficient (Wildman–Crippen LogP) is 1.74. The van der Waals surface area contributed by atoms with Crippen LogP contribution in [0.2, 0.25) is 0 Å². The number of aliphatic hydroxyl groups excluding tert-OH is 1. The van der Waals surface area contributed by atoms with Gasteiger partial charge in [0.15, 0.2) is 0 Å². The zero-order valence-corrected chi connectivity index (χ0v) is 8.28. The van der Waals surface area contributed by atoms with Gasteiger partial charge in [0.25, 0.3) is 0 Å². The van der Waals surface area contributed by atoms with E-state index in [2.05, 4.69) is 0 Å². The molecule has 1 N–H and O–H groups in total. The molecular formula is C11H12N2O. The SMILES string of the molecule is CCO.Cc1cccc(C#N)c1C#N. The summed E-state index contributed by atoms with van der Waals surface area (Å²) >= 11 is 0. The van der Waals surface area contributed by atoms with Gasteiger partial charge in [0.05, 0.1) is 11.1 Å². The molecule has 0 bridgehead atoms. The van der Waals surface area contributed by atoms with E-state index in [1.807, 2.05) is 25.1 Å². The van der Waals surface area contributed by atoms with E-state index in [1.165, 1.54) is 0 Å². The Hall–Kier alpha value is -1.84. The van der Waals surface area contributed by atoms with Crippen LogP contribution in [0.3, 0.4) is 0 Å². The molecule has 0 fully saturated rings. The minimum atomic E-state index is 0.250. The minimum absolute atomic E-state index is 0.250. The highest BCUT2D eigenvalue weighted by Crippen LogP contribution is 2.10. The molecule has 0 saturated carbocycles. The molecule has 1 aromatic rings. The minimum Gasteiger partial charge on any atom is -0.397 e. The number of nitrogens with zero attached hydrogens (tertiary/aromatic N) is 2. The third-order valence-electron chi connectivity index (χ3n) is 1.51. The normalized spacial score (nSPS) is 7.79. The fraction of sp³-hybridized carbons (Fsp3) is 0.273. The van der Waals surface area contributed by atoms with Crippen LogP contribution in [0.5, 0.6) is 0 Å².